The molecule has 0 saturated carbocycles. The van der Waals surface area contributed by atoms with Crippen molar-refractivity contribution in [2.45, 2.75) is 6.92 Å². The van der Waals surface area contributed by atoms with Gasteiger partial charge in [0.25, 0.3) is 0 Å². The molecule has 0 saturated heterocycles. The predicted octanol–water partition coefficient (Wildman–Crippen LogP) is -2.37. The minimum Gasteiger partial charge on any atom is -1.00 e. The molecule has 0 aromatic carbocycles. The van der Waals surface area contributed by atoms with E-state index in [1.807, 2.05) is 0 Å². The molecular weight excluding hydrogens is 157 g/mol. The first-order chi connectivity index (χ1) is 4.72. The number of rotatable bonds is 2. The Morgan fingerprint density at radius 1 is 1.91 bits per heavy atom. The predicted molar refractivity (Wildman–Crippen MR) is 34.1 cm³/mol. The van der Waals surface area contributed by atoms with Crippen LogP contribution in [0.2, 0.25) is 0 Å². The monoisotopic (exact) mass is 165 g/mol. The molecule has 56 valence electrons. The number of hydrogen-bond acceptors (Lipinski definition) is 4. The molecule has 1 N–H and O–H groups in total. The number of esters is 1. The molecule has 11 heavy (non-hydrogen) atoms. The van der Waals surface area contributed by atoms with Crippen molar-refractivity contribution in [3.05, 3.63) is 11.8 Å². The third-order valence-corrected chi connectivity index (χ3v) is 0.686. The second-order valence-corrected chi connectivity index (χ2v) is 1.38. The van der Waals surface area contributed by atoms with Crippen molar-refractivity contribution in [3.63, 3.8) is 0 Å². The molecule has 0 heterocycles. The van der Waals surface area contributed by atoms with Crippen LogP contribution in [0.5, 0.6) is 0 Å². The zero-order valence-electron chi connectivity index (χ0n) is 7.50. The van der Waals surface area contributed by atoms with Crippen LogP contribution in [0.1, 0.15) is 8.35 Å². The summed E-state index contributed by atoms with van der Waals surface area (Å²) in [5.74, 6) is -1.53. The van der Waals surface area contributed by atoms with Gasteiger partial charge in [-0.25, -0.2) is 4.79 Å². The number of hydrogen-bond donors (Lipinski definition) is 1. The van der Waals surface area contributed by atoms with Crippen molar-refractivity contribution in [3.8, 4) is 6.07 Å². The Hall–Kier alpha value is -0.500. The SMILES string of the molecule is CCOC(=O)/C(O)=C\C#N.[H-].[Na+]. The van der Waals surface area contributed by atoms with E-state index < -0.39 is 11.7 Å². The van der Waals surface area contributed by atoms with E-state index in [1.54, 1.807) is 6.92 Å². The van der Waals surface area contributed by atoms with E-state index in [0.29, 0.717) is 0 Å². The molecule has 4 nitrogen and oxygen atoms in total. The van der Waals surface area contributed by atoms with Crippen LogP contribution < -0.4 is 29.6 Å². The van der Waals surface area contributed by atoms with Crippen LogP contribution in [0.15, 0.2) is 11.8 Å². The summed E-state index contributed by atoms with van der Waals surface area (Å²) >= 11 is 0. The summed E-state index contributed by atoms with van der Waals surface area (Å²) in [6.45, 7) is 1.79. The van der Waals surface area contributed by atoms with Crippen LogP contribution in [0.4, 0.5) is 0 Å². The molecule has 0 aliphatic rings. The summed E-state index contributed by atoms with van der Waals surface area (Å²) in [6, 6.07) is 1.49. The first-order valence-electron chi connectivity index (χ1n) is 2.68. The first kappa shape index (κ1) is 13.1. The Labute approximate surface area is 88.2 Å². The van der Waals surface area contributed by atoms with Crippen molar-refractivity contribution in [1.29, 1.82) is 5.26 Å². The van der Waals surface area contributed by atoms with Gasteiger partial charge in [-0.1, -0.05) is 0 Å². The van der Waals surface area contributed by atoms with Gasteiger partial charge in [0.1, 0.15) is 0 Å². The molecule has 0 aliphatic heterocycles. The minimum atomic E-state index is -0.871. The van der Waals surface area contributed by atoms with Crippen molar-refractivity contribution in [2.75, 3.05) is 6.61 Å². The van der Waals surface area contributed by atoms with Gasteiger partial charge in [-0.15, -0.1) is 0 Å². The topological polar surface area (TPSA) is 70.3 Å². The fraction of sp³-hybridized carbons (Fsp3) is 0.333. The standard InChI is InChI=1S/C6H7NO3.Na.H/c1-2-10-6(9)5(8)3-4-7;;/h3,8H,2H2,1H3;;/q;+1;-1/b5-3+;;. The quantitative estimate of drug-likeness (QED) is 0.163. The molecule has 0 fully saturated rings. The maximum atomic E-state index is 10.4. The number of nitriles is 1. The number of nitrogens with zero attached hydrogens (tertiary/aromatic N) is 1. The Morgan fingerprint density at radius 3 is 2.82 bits per heavy atom. The molecule has 5 heteroatoms. The van der Waals surface area contributed by atoms with Crippen molar-refractivity contribution < 1.29 is 45.6 Å². The van der Waals surface area contributed by atoms with Crippen LogP contribution in [0, 0.1) is 11.3 Å². The Bertz CT molecular complexity index is 199. The van der Waals surface area contributed by atoms with Crippen LogP contribution in [-0.4, -0.2) is 17.7 Å². The molecule has 0 aromatic rings. The van der Waals surface area contributed by atoms with Gasteiger partial charge in [0, 0.05) is 0 Å². The third-order valence-electron chi connectivity index (χ3n) is 0.686. The van der Waals surface area contributed by atoms with E-state index in [9.17, 15) is 4.79 Å². The second-order valence-electron chi connectivity index (χ2n) is 1.38. The maximum absolute atomic E-state index is 10.4. The Balaban J connectivity index is -0.000000405. The van der Waals surface area contributed by atoms with E-state index in [1.165, 1.54) is 6.07 Å². The number of carbonyl (C=O) groups excluding carboxylic acids is 1. The normalized spacial score (nSPS) is 9.27. The number of aliphatic hydroxyl groups excluding tert-OH is 1. The summed E-state index contributed by atoms with van der Waals surface area (Å²) in [4.78, 5) is 10.4. The number of ether oxygens (including phenoxy) is 1. The van der Waals surface area contributed by atoms with Gasteiger partial charge in [-0.05, 0) is 6.92 Å². The summed E-state index contributed by atoms with van der Waals surface area (Å²) in [6.07, 6.45) is 0.720. The summed E-state index contributed by atoms with van der Waals surface area (Å²) in [7, 11) is 0. The molecule has 0 unspecified atom stereocenters. The smallest absolute Gasteiger partial charge is 1.00 e. The zero-order valence-corrected chi connectivity index (χ0v) is 8.50. The number of aliphatic hydroxyl groups is 1. The van der Waals surface area contributed by atoms with Crippen molar-refractivity contribution in [1.82, 2.24) is 0 Å². The van der Waals surface area contributed by atoms with Gasteiger partial charge in [-0.2, -0.15) is 5.26 Å². The van der Waals surface area contributed by atoms with Gasteiger partial charge >= 0.3 is 35.5 Å². The first-order valence-corrected chi connectivity index (χ1v) is 2.68. The van der Waals surface area contributed by atoms with E-state index in [0.717, 1.165) is 6.08 Å². The van der Waals surface area contributed by atoms with Gasteiger partial charge in [0.05, 0.1) is 18.8 Å². The molecule has 0 bridgehead atoms. The van der Waals surface area contributed by atoms with E-state index >= 15 is 0 Å². The van der Waals surface area contributed by atoms with E-state index in [4.69, 9.17) is 10.4 Å². The molecule has 0 aromatic heterocycles. The molecular formula is C6H8NNaO3. The van der Waals surface area contributed by atoms with Crippen LogP contribution >= 0.6 is 0 Å². The summed E-state index contributed by atoms with van der Waals surface area (Å²) in [5, 5.41) is 16.6. The van der Waals surface area contributed by atoms with Crippen molar-refractivity contribution >= 4 is 5.97 Å². The van der Waals surface area contributed by atoms with Crippen molar-refractivity contribution in [2.24, 2.45) is 0 Å². The molecule has 0 aliphatic carbocycles. The minimum absolute atomic E-state index is 0. The van der Waals surface area contributed by atoms with Crippen LogP contribution in [-0.2, 0) is 9.53 Å². The molecule has 0 spiro atoms. The number of carbonyl (C=O) groups is 1. The summed E-state index contributed by atoms with van der Waals surface area (Å²) in [5.41, 5.74) is 0. The Morgan fingerprint density at radius 2 is 2.45 bits per heavy atom. The Kier molecular flexibility index (Phi) is 9.07. The van der Waals surface area contributed by atoms with Crippen LogP contribution in [0.3, 0.4) is 0 Å². The fourth-order valence-corrected chi connectivity index (χ4v) is 0.325. The average Bonchev–Trinajstić information content (AvgIpc) is 1.89. The van der Waals surface area contributed by atoms with Gasteiger partial charge < -0.3 is 11.3 Å². The molecule has 0 atom stereocenters. The average molecular weight is 165 g/mol. The number of allylic oxidation sites excluding steroid dienone is 1. The molecule has 0 radical (unpaired) electrons. The third kappa shape index (κ3) is 5.92. The van der Waals surface area contributed by atoms with Gasteiger partial charge in [0.15, 0.2) is 0 Å². The molecule has 0 rings (SSSR count). The van der Waals surface area contributed by atoms with E-state index in [-0.39, 0.29) is 37.6 Å². The second kappa shape index (κ2) is 7.61. The van der Waals surface area contributed by atoms with E-state index in [2.05, 4.69) is 4.74 Å². The van der Waals surface area contributed by atoms with Crippen LogP contribution in [0.25, 0.3) is 0 Å². The summed E-state index contributed by atoms with van der Waals surface area (Å²) < 4.78 is 4.35. The van der Waals surface area contributed by atoms with Gasteiger partial charge in [0.2, 0.25) is 5.76 Å². The zero-order chi connectivity index (χ0) is 7.98. The maximum Gasteiger partial charge on any atom is 1.00 e. The molecule has 0 amide bonds. The fourth-order valence-electron chi connectivity index (χ4n) is 0.325. The van der Waals surface area contributed by atoms with Gasteiger partial charge in [-0.3, -0.25) is 0 Å². The largest absolute Gasteiger partial charge is 1.00 e.